The second kappa shape index (κ2) is 6.92. The molecule has 1 aliphatic carbocycles. The molecule has 0 spiro atoms. The van der Waals surface area contributed by atoms with Gasteiger partial charge in [-0.15, -0.1) is 0 Å². The zero-order valence-corrected chi connectivity index (χ0v) is 12.6. The topological polar surface area (TPSA) is 89.9 Å². The average Bonchev–Trinajstić information content (AvgIpc) is 2.44. The van der Waals surface area contributed by atoms with Gasteiger partial charge < -0.3 is 20.4 Å². The van der Waals surface area contributed by atoms with Gasteiger partial charge >= 0.3 is 12.0 Å². The van der Waals surface area contributed by atoms with Crippen molar-refractivity contribution in [2.45, 2.75) is 57.6 Å². The van der Waals surface area contributed by atoms with E-state index in [-0.39, 0.29) is 18.6 Å². The van der Waals surface area contributed by atoms with E-state index in [1.807, 2.05) is 0 Å². The molecule has 1 unspecified atom stereocenters. The van der Waals surface area contributed by atoms with Crippen LogP contribution in [0.5, 0.6) is 0 Å². The van der Waals surface area contributed by atoms with Crippen LogP contribution in [0, 0.1) is 5.92 Å². The Bertz CT molecular complexity index is 349. The minimum atomic E-state index is -1.93. The molecule has 0 aromatic heterocycles. The summed E-state index contributed by atoms with van der Waals surface area (Å²) in [4.78, 5) is 24.4. The number of aliphatic hydroxyl groups is 1. The summed E-state index contributed by atoms with van der Waals surface area (Å²) in [7, 11) is 1.72. The molecule has 1 aliphatic rings. The number of nitrogens with one attached hydrogen (secondary N) is 1. The summed E-state index contributed by atoms with van der Waals surface area (Å²) in [5.74, 6) is -0.584. The Kier molecular flexibility index (Phi) is 5.80. The maximum atomic E-state index is 12.0. The van der Waals surface area contributed by atoms with E-state index in [9.17, 15) is 14.7 Å². The predicted molar refractivity (Wildman–Crippen MR) is 75.5 cm³/mol. The van der Waals surface area contributed by atoms with Gasteiger partial charge in [0, 0.05) is 13.1 Å². The Balaban J connectivity index is 2.42. The quantitative estimate of drug-likeness (QED) is 0.713. The highest BCUT2D eigenvalue weighted by molar-refractivity contribution is 5.79. The van der Waals surface area contributed by atoms with Crippen LogP contribution in [0.2, 0.25) is 0 Å². The van der Waals surface area contributed by atoms with E-state index in [2.05, 4.69) is 12.2 Å². The molecule has 0 saturated heterocycles. The first-order valence-corrected chi connectivity index (χ1v) is 7.24. The van der Waals surface area contributed by atoms with E-state index in [4.69, 9.17) is 5.11 Å². The summed E-state index contributed by atoms with van der Waals surface area (Å²) < 4.78 is 0. The van der Waals surface area contributed by atoms with Crippen LogP contribution in [-0.4, -0.2) is 52.3 Å². The third-order valence-electron chi connectivity index (χ3n) is 4.31. The van der Waals surface area contributed by atoms with Crippen LogP contribution >= 0.6 is 0 Å². The van der Waals surface area contributed by atoms with E-state index in [0.717, 1.165) is 31.6 Å². The second-order valence-corrected chi connectivity index (χ2v) is 5.93. The Morgan fingerprint density at radius 3 is 2.30 bits per heavy atom. The van der Waals surface area contributed by atoms with Crippen LogP contribution < -0.4 is 5.32 Å². The van der Waals surface area contributed by atoms with Crippen molar-refractivity contribution in [3.8, 4) is 0 Å². The summed E-state index contributed by atoms with van der Waals surface area (Å²) in [6.45, 7) is 3.06. The fraction of sp³-hybridized carbons (Fsp3) is 0.857. The van der Waals surface area contributed by atoms with E-state index >= 15 is 0 Å². The zero-order valence-electron chi connectivity index (χ0n) is 12.6. The fourth-order valence-electron chi connectivity index (χ4n) is 2.55. The van der Waals surface area contributed by atoms with Gasteiger partial charge in [-0.25, -0.2) is 9.59 Å². The molecular weight excluding hydrogens is 260 g/mol. The molecule has 0 bridgehead atoms. The van der Waals surface area contributed by atoms with Gasteiger partial charge in [0.25, 0.3) is 0 Å². The smallest absolute Gasteiger partial charge is 0.337 e. The van der Waals surface area contributed by atoms with E-state index in [1.165, 1.54) is 13.3 Å². The molecule has 3 N–H and O–H groups in total. The van der Waals surface area contributed by atoms with E-state index < -0.39 is 11.6 Å². The van der Waals surface area contributed by atoms with Crippen molar-refractivity contribution in [1.29, 1.82) is 0 Å². The van der Waals surface area contributed by atoms with Gasteiger partial charge in [-0.1, -0.05) is 13.3 Å². The second-order valence-electron chi connectivity index (χ2n) is 5.93. The molecule has 0 aromatic carbocycles. The van der Waals surface area contributed by atoms with Crippen molar-refractivity contribution in [1.82, 2.24) is 10.2 Å². The summed E-state index contributed by atoms with van der Waals surface area (Å²) >= 11 is 0. The molecule has 2 amide bonds. The Morgan fingerprint density at radius 2 is 1.85 bits per heavy atom. The number of aliphatic carboxylic acids is 1. The van der Waals surface area contributed by atoms with Gasteiger partial charge in [0.2, 0.25) is 0 Å². The highest BCUT2D eigenvalue weighted by Crippen LogP contribution is 2.28. The Labute approximate surface area is 120 Å². The maximum absolute atomic E-state index is 12.0. The summed E-state index contributed by atoms with van der Waals surface area (Å²) in [5, 5.41) is 20.8. The molecule has 1 fully saturated rings. The SMILES string of the molecule is CCC1CCC(N(C)C(=O)NCC(C)(O)C(=O)O)CC1. The lowest BCUT2D eigenvalue weighted by Crippen LogP contribution is -2.51. The number of hydrogen-bond donors (Lipinski definition) is 3. The Morgan fingerprint density at radius 1 is 1.30 bits per heavy atom. The fourth-order valence-corrected chi connectivity index (χ4v) is 2.55. The van der Waals surface area contributed by atoms with Crippen molar-refractivity contribution < 1.29 is 19.8 Å². The molecule has 6 heteroatoms. The van der Waals surface area contributed by atoms with Crippen LogP contribution in [0.25, 0.3) is 0 Å². The number of nitrogens with zero attached hydrogens (tertiary/aromatic N) is 1. The van der Waals surface area contributed by atoms with Crippen molar-refractivity contribution in [2.75, 3.05) is 13.6 Å². The van der Waals surface area contributed by atoms with Crippen molar-refractivity contribution in [3.63, 3.8) is 0 Å². The van der Waals surface area contributed by atoms with Gasteiger partial charge in [0.1, 0.15) is 0 Å². The molecule has 1 atom stereocenters. The van der Waals surface area contributed by atoms with Gasteiger partial charge in [-0.2, -0.15) is 0 Å². The average molecular weight is 286 g/mol. The lowest BCUT2D eigenvalue weighted by atomic mass is 9.84. The van der Waals surface area contributed by atoms with Crippen LogP contribution in [-0.2, 0) is 4.79 Å². The Hall–Kier alpha value is -1.30. The number of rotatable bonds is 5. The largest absolute Gasteiger partial charge is 0.479 e. The molecule has 116 valence electrons. The summed E-state index contributed by atoms with van der Waals surface area (Å²) in [6.07, 6.45) is 5.41. The van der Waals surface area contributed by atoms with Crippen LogP contribution in [0.15, 0.2) is 0 Å². The monoisotopic (exact) mass is 286 g/mol. The highest BCUT2D eigenvalue weighted by atomic mass is 16.4. The van der Waals surface area contributed by atoms with Crippen LogP contribution in [0.1, 0.15) is 46.0 Å². The lowest BCUT2D eigenvalue weighted by Gasteiger charge is -2.34. The number of hydrogen-bond acceptors (Lipinski definition) is 3. The number of carbonyl (C=O) groups is 2. The van der Waals surface area contributed by atoms with Crippen molar-refractivity contribution in [2.24, 2.45) is 5.92 Å². The standard InChI is InChI=1S/C14H26N2O4/c1-4-10-5-7-11(8-6-10)16(3)13(19)15-9-14(2,20)12(17)18/h10-11,20H,4-9H2,1-3H3,(H,15,19)(H,17,18). The molecule has 0 radical (unpaired) electrons. The third kappa shape index (κ3) is 4.37. The van der Waals surface area contributed by atoms with Gasteiger partial charge in [-0.05, 0) is 38.5 Å². The number of urea groups is 1. The lowest BCUT2D eigenvalue weighted by molar-refractivity contribution is -0.155. The predicted octanol–water partition coefficient (Wildman–Crippen LogP) is 1.43. The van der Waals surface area contributed by atoms with Gasteiger partial charge in [0.15, 0.2) is 5.60 Å². The van der Waals surface area contributed by atoms with Crippen molar-refractivity contribution >= 4 is 12.0 Å². The minimum Gasteiger partial charge on any atom is -0.479 e. The van der Waals surface area contributed by atoms with Crippen LogP contribution in [0.3, 0.4) is 0 Å². The molecule has 0 aromatic rings. The number of carboxylic acid groups (broad SMARTS) is 1. The van der Waals surface area contributed by atoms with Crippen LogP contribution in [0.4, 0.5) is 4.79 Å². The summed E-state index contributed by atoms with van der Waals surface area (Å²) in [6, 6.07) is -0.126. The molecule has 1 rings (SSSR count). The molecule has 0 heterocycles. The summed E-state index contributed by atoms with van der Waals surface area (Å²) in [5.41, 5.74) is -1.93. The number of carbonyl (C=O) groups excluding carboxylic acids is 1. The molecular formula is C14H26N2O4. The molecule has 20 heavy (non-hydrogen) atoms. The highest BCUT2D eigenvalue weighted by Gasteiger charge is 2.32. The molecule has 6 nitrogen and oxygen atoms in total. The number of amides is 2. The van der Waals surface area contributed by atoms with E-state index in [1.54, 1.807) is 11.9 Å². The first kappa shape index (κ1) is 16.8. The molecule has 0 aliphatic heterocycles. The van der Waals surface area contributed by atoms with E-state index in [0.29, 0.717) is 0 Å². The van der Waals surface area contributed by atoms with Crippen molar-refractivity contribution in [3.05, 3.63) is 0 Å². The first-order valence-electron chi connectivity index (χ1n) is 7.24. The normalized spacial score (nSPS) is 25.6. The molecule has 1 saturated carbocycles. The maximum Gasteiger partial charge on any atom is 0.337 e. The number of carboxylic acids is 1. The van der Waals surface area contributed by atoms with Gasteiger partial charge in [0.05, 0.1) is 6.54 Å². The first-order chi connectivity index (χ1) is 9.27. The zero-order chi connectivity index (χ0) is 15.3. The van der Waals surface area contributed by atoms with Gasteiger partial charge in [-0.3, -0.25) is 0 Å². The third-order valence-corrected chi connectivity index (χ3v) is 4.31. The minimum absolute atomic E-state index is 0.201.